The number of ether oxygens (including phenoxy) is 2. The second kappa shape index (κ2) is 11.9. The Labute approximate surface area is 195 Å². The summed E-state index contributed by atoms with van der Waals surface area (Å²) in [5, 5.41) is 0. The Balaban J connectivity index is 1.44. The Morgan fingerprint density at radius 1 is 1.03 bits per heavy atom. The molecule has 0 aliphatic heterocycles. The second-order valence-electron chi connectivity index (χ2n) is 8.44. The number of esters is 2. The van der Waals surface area contributed by atoms with Gasteiger partial charge in [0, 0.05) is 23.0 Å². The molecule has 6 heteroatoms. The van der Waals surface area contributed by atoms with Gasteiger partial charge in [0.15, 0.2) is 0 Å². The van der Waals surface area contributed by atoms with Gasteiger partial charge >= 0.3 is 11.9 Å². The molecule has 0 heterocycles. The van der Waals surface area contributed by atoms with Crippen molar-refractivity contribution >= 4 is 29.4 Å². The van der Waals surface area contributed by atoms with Crippen molar-refractivity contribution in [1.29, 1.82) is 0 Å². The Morgan fingerprint density at radius 3 is 2.42 bits per heavy atom. The number of nitrogen functional groups attached to an aromatic ring is 2. The number of nitrogens with two attached hydrogens (primary N) is 2. The van der Waals surface area contributed by atoms with Crippen LogP contribution < -0.4 is 11.5 Å². The van der Waals surface area contributed by atoms with Crippen molar-refractivity contribution in [3.63, 3.8) is 0 Å². The molecule has 6 nitrogen and oxygen atoms in total. The van der Waals surface area contributed by atoms with Crippen LogP contribution in [0.5, 0.6) is 0 Å². The van der Waals surface area contributed by atoms with E-state index in [-0.39, 0.29) is 18.7 Å². The standard InChI is InChI=1S/C27H32N2O4/c1-2-3-4-19-7-14-24(15-8-19)33-27(31)21-10-5-20(6-11-21)9-16-26(30)32-18-22-12-13-23(28)17-25(22)29/h2,5-6,9-13,16-17,19,24H,1,3-4,7-8,14-15,18,28-29H2. The fourth-order valence-corrected chi connectivity index (χ4v) is 3.95. The Kier molecular flexibility index (Phi) is 8.70. The van der Waals surface area contributed by atoms with Crippen LogP contribution in [0.1, 0.15) is 60.0 Å². The highest BCUT2D eigenvalue weighted by Gasteiger charge is 2.23. The molecule has 1 aliphatic rings. The average molecular weight is 449 g/mol. The van der Waals surface area contributed by atoms with E-state index >= 15 is 0 Å². The van der Waals surface area contributed by atoms with Gasteiger partial charge in [-0.1, -0.05) is 24.3 Å². The second-order valence-corrected chi connectivity index (χ2v) is 8.44. The quantitative estimate of drug-likeness (QED) is 0.234. The lowest BCUT2D eigenvalue weighted by molar-refractivity contribution is -0.138. The monoisotopic (exact) mass is 448 g/mol. The molecule has 0 aromatic heterocycles. The molecule has 0 saturated heterocycles. The molecule has 0 bridgehead atoms. The van der Waals surface area contributed by atoms with Gasteiger partial charge in [-0.05, 0) is 80.3 Å². The summed E-state index contributed by atoms with van der Waals surface area (Å²) in [6, 6.07) is 12.0. The molecular formula is C27H32N2O4. The van der Waals surface area contributed by atoms with Crippen LogP contribution in [0, 0.1) is 5.92 Å². The van der Waals surface area contributed by atoms with Crippen molar-refractivity contribution in [3.05, 3.63) is 77.9 Å². The van der Waals surface area contributed by atoms with E-state index in [1.807, 2.05) is 6.08 Å². The van der Waals surface area contributed by atoms with E-state index in [1.54, 1.807) is 48.5 Å². The Hall–Kier alpha value is -3.54. The van der Waals surface area contributed by atoms with Crippen LogP contribution in [0.25, 0.3) is 6.08 Å². The number of carbonyl (C=O) groups is 2. The van der Waals surface area contributed by atoms with Gasteiger partial charge in [-0.2, -0.15) is 0 Å². The van der Waals surface area contributed by atoms with E-state index in [9.17, 15) is 9.59 Å². The maximum absolute atomic E-state index is 12.5. The van der Waals surface area contributed by atoms with Gasteiger partial charge in [0.2, 0.25) is 0 Å². The maximum Gasteiger partial charge on any atom is 0.338 e. The zero-order valence-electron chi connectivity index (χ0n) is 18.9. The minimum absolute atomic E-state index is 0.0121. The number of anilines is 2. The molecule has 0 amide bonds. The van der Waals surface area contributed by atoms with Crippen molar-refractivity contribution in [1.82, 2.24) is 0 Å². The van der Waals surface area contributed by atoms with E-state index in [2.05, 4.69) is 6.58 Å². The lowest BCUT2D eigenvalue weighted by atomic mass is 9.84. The molecule has 1 fully saturated rings. The van der Waals surface area contributed by atoms with Gasteiger partial charge in [0.05, 0.1) is 5.56 Å². The molecule has 3 rings (SSSR count). The van der Waals surface area contributed by atoms with Gasteiger partial charge in [-0.15, -0.1) is 6.58 Å². The summed E-state index contributed by atoms with van der Waals surface area (Å²) in [4.78, 5) is 24.5. The molecular weight excluding hydrogens is 416 g/mol. The van der Waals surface area contributed by atoms with Gasteiger partial charge < -0.3 is 20.9 Å². The van der Waals surface area contributed by atoms with Crippen LogP contribution in [-0.2, 0) is 20.9 Å². The number of carbonyl (C=O) groups excluding carboxylic acids is 2. The van der Waals surface area contributed by atoms with Gasteiger partial charge in [0.25, 0.3) is 0 Å². The van der Waals surface area contributed by atoms with Crippen LogP contribution in [0.3, 0.4) is 0 Å². The summed E-state index contributed by atoms with van der Waals surface area (Å²) in [7, 11) is 0. The normalized spacial score (nSPS) is 18.1. The predicted octanol–water partition coefficient (Wildman–Crippen LogP) is 5.29. The summed E-state index contributed by atoms with van der Waals surface area (Å²) in [5.74, 6) is -0.0847. The van der Waals surface area contributed by atoms with Crippen molar-refractivity contribution in [3.8, 4) is 0 Å². The molecule has 1 saturated carbocycles. The fourth-order valence-electron chi connectivity index (χ4n) is 3.95. The van der Waals surface area contributed by atoms with Crippen LogP contribution in [0.2, 0.25) is 0 Å². The third kappa shape index (κ3) is 7.52. The van der Waals surface area contributed by atoms with Crippen molar-refractivity contribution in [2.75, 3.05) is 11.5 Å². The summed E-state index contributed by atoms with van der Waals surface area (Å²) >= 11 is 0. The molecule has 0 spiro atoms. The van der Waals surface area contributed by atoms with E-state index < -0.39 is 5.97 Å². The largest absolute Gasteiger partial charge is 0.459 e. The van der Waals surface area contributed by atoms with Crippen LogP contribution in [0.4, 0.5) is 11.4 Å². The third-order valence-electron chi connectivity index (χ3n) is 5.94. The zero-order valence-corrected chi connectivity index (χ0v) is 18.9. The number of hydrogen-bond donors (Lipinski definition) is 2. The van der Waals surface area contributed by atoms with Crippen LogP contribution in [0.15, 0.2) is 61.2 Å². The molecule has 0 atom stereocenters. The summed E-state index contributed by atoms with van der Waals surface area (Å²) in [5.41, 5.74) is 14.5. The first-order chi connectivity index (χ1) is 15.9. The number of benzene rings is 2. The van der Waals surface area contributed by atoms with Crippen LogP contribution in [-0.4, -0.2) is 18.0 Å². The van der Waals surface area contributed by atoms with E-state index in [1.165, 1.54) is 12.5 Å². The topological polar surface area (TPSA) is 105 Å². The highest BCUT2D eigenvalue weighted by atomic mass is 16.5. The third-order valence-corrected chi connectivity index (χ3v) is 5.94. The van der Waals surface area contributed by atoms with Gasteiger partial charge in [-0.3, -0.25) is 0 Å². The first-order valence-corrected chi connectivity index (χ1v) is 11.3. The van der Waals surface area contributed by atoms with Crippen LogP contribution >= 0.6 is 0 Å². The first-order valence-electron chi connectivity index (χ1n) is 11.3. The molecule has 0 unspecified atom stereocenters. The Bertz CT molecular complexity index is 990. The molecule has 33 heavy (non-hydrogen) atoms. The average Bonchev–Trinajstić information content (AvgIpc) is 2.82. The lowest BCUT2D eigenvalue weighted by Crippen LogP contribution is -2.24. The minimum atomic E-state index is -0.488. The SMILES string of the molecule is C=CCCC1CCC(OC(=O)c2ccc(C=CC(=O)OCc3ccc(N)cc3N)cc2)CC1. The van der Waals surface area contributed by atoms with Crippen molar-refractivity contribution < 1.29 is 19.1 Å². The number of allylic oxidation sites excluding steroid dienone is 1. The highest BCUT2D eigenvalue weighted by Crippen LogP contribution is 2.30. The molecule has 174 valence electrons. The summed E-state index contributed by atoms with van der Waals surface area (Å²) in [6.45, 7) is 3.85. The van der Waals surface area contributed by atoms with Crippen molar-refractivity contribution in [2.45, 2.75) is 51.2 Å². The summed E-state index contributed by atoms with van der Waals surface area (Å²) < 4.78 is 10.9. The molecule has 2 aromatic rings. The highest BCUT2D eigenvalue weighted by molar-refractivity contribution is 5.90. The minimum Gasteiger partial charge on any atom is -0.459 e. The molecule has 4 N–H and O–H groups in total. The maximum atomic E-state index is 12.5. The Morgan fingerprint density at radius 2 is 1.76 bits per heavy atom. The zero-order chi connectivity index (χ0) is 23.6. The smallest absolute Gasteiger partial charge is 0.338 e. The summed E-state index contributed by atoms with van der Waals surface area (Å²) in [6.07, 6.45) is 11.2. The molecule has 0 radical (unpaired) electrons. The predicted molar refractivity (Wildman–Crippen MR) is 131 cm³/mol. The van der Waals surface area contributed by atoms with Crippen molar-refractivity contribution in [2.24, 2.45) is 5.92 Å². The molecule has 1 aliphatic carbocycles. The molecule has 2 aromatic carbocycles. The lowest BCUT2D eigenvalue weighted by Gasteiger charge is -2.28. The first kappa shape index (κ1) is 24.1. The van der Waals surface area contributed by atoms with E-state index in [0.717, 1.165) is 37.7 Å². The van der Waals surface area contributed by atoms with Gasteiger partial charge in [-0.25, -0.2) is 9.59 Å². The van der Waals surface area contributed by atoms with E-state index in [0.29, 0.717) is 28.4 Å². The number of hydrogen-bond acceptors (Lipinski definition) is 6. The fraction of sp³-hybridized carbons (Fsp3) is 0.333. The van der Waals surface area contributed by atoms with E-state index in [4.69, 9.17) is 20.9 Å². The van der Waals surface area contributed by atoms with Gasteiger partial charge in [0.1, 0.15) is 12.7 Å². The number of rotatable bonds is 9.